The van der Waals surface area contributed by atoms with Crippen LogP contribution in [0.5, 0.6) is 11.5 Å². The fourth-order valence-electron chi connectivity index (χ4n) is 4.10. The van der Waals surface area contributed by atoms with Gasteiger partial charge in [0.25, 0.3) is 0 Å². The average Bonchev–Trinajstić information content (AvgIpc) is 2.84. The normalized spacial score (nSPS) is 12.5. The van der Waals surface area contributed by atoms with Gasteiger partial charge in [-0.3, -0.25) is 0 Å². The lowest BCUT2D eigenvalue weighted by molar-refractivity contribution is -0.288. The molecule has 10 heteroatoms. The number of hydrogen-bond donors (Lipinski definition) is 2. The van der Waals surface area contributed by atoms with Crippen LogP contribution in [0.15, 0.2) is 48.5 Å². The Hall–Kier alpha value is -2.46. The highest BCUT2D eigenvalue weighted by Gasteiger charge is 2.72. The summed E-state index contributed by atoms with van der Waals surface area (Å²) < 4.78 is 96.9. The van der Waals surface area contributed by atoms with Crippen LogP contribution >= 0.6 is 0 Å². The Morgan fingerprint density at radius 2 is 0.811 bits per heavy atom. The molecule has 0 aliphatic carbocycles. The molecule has 2 aromatic rings. The average molecular weight is 537 g/mol. The monoisotopic (exact) mass is 536 g/mol. The molecule has 0 saturated heterocycles. The van der Waals surface area contributed by atoms with Gasteiger partial charge in [-0.15, -0.1) is 0 Å². The fraction of sp³-hybridized carbons (Fsp3) is 0.556. The number of aliphatic hydroxyl groups excluding tert-OH is 2. The van der Waals surface area contributed by atoms with Gasteiger partial charge in [-0.05, 0) is 73.9 Å². The lowest BCUT2D eigenvalue weighted by Gasteiger charge is -2.38. The van der Waals surface area contributed by atoms with Crippen molar-refractivity contribution in [2.24, 2.45) is 0 Å². The summed E-state index contributed by atoms with van der Waals surface area (Å²) in [5.41, 5.74) is -6.15. The molecule has 0 amide bonds. The summed E-state index contributed by atoms with van der Waals surface area (Å²) in [4.78, 5) is 0. The molecule has 0 heterocycles. The van der Waals surface area contributed by atoms with E-state index in [0.29, 0.717) is 25.7 Å². The van der Waals surface area contributed by atoms with Crippen LogP contribution in [0.3, 0.4) is 0 Å². The molecule has 0 fully saturated rings. The van der Waals surface area contributed by atoms with Crippen molar-refractivity contribution in [1.82, 2.24) is 0 Å². The summed E-state index contributed by atoms with van der Waals surface area (Å²) in [6.07, 6.45) is -5.57. The highest BCUT2D eigenvalue weighted by Crippen LogP contribution is 2.56. The molecule has 37 heavy (non-hydrogen) atoms. The van der Waals surface area contributed by atoms with Gasteiger partial charge in [0.15, 0.2) is 0 Å². The molecule has 0 unspecified atom stereocenters. The maximum atomic E-state index is 14.3. The Balaban J connectivity index is 2.23. The van der Waals surface area contributed by atoms with Crippen molar-refractivity contribution >= 4 is 0 Å². The molecule has 0 radical (unpaired) electrons. The molecule has 0 saturated carbocycles. The van der Waals surface area contributed by atoms with Gasteiger partial charge in [0.2, 0.25) is 5.41 Å². The third-order valence-electron chi connectivity index (χ3n) is 6.07. The standard InChI is InChI=1S/C27H34F6O4/c28-26(29,30)25(27(31,32)33,21-9-13-23(14-10-21)36-19-7-3-1-5-17-34)22-11-15-24(16-12-22)37-20-8-4-2-6-18-35/h9-16,34-35H,1-8,17-20H2. The first kappa shape index (κ1) is 30.8. The molecule has 2 aromatic carbocycles. The summed E-state index contributed by atoms with van der Waals surface area (Å²) in [7, 11) is 0. The van der Waals surface area contributed by atoms with E-state index in [-0.39, 0.29) is 37.9 Å². The zero-order chi connectivity index (χ0) is 27.4. The van der Waals surface area contributed by atoms with E-state index in [1.54, 1.807) is 0 Å². The van der Waals surface area contributed by atoms with Crippen molar-refractivity contribution in [3.05, 3.63) is 59.7 Å². The van der Waals surface area contributed by atoms with Gasteiger partial charge in [-0.2, -0.15) is 26.3 Å². The van der Waals surface area contributed by atoms with E-state index < -0.39 is 28.9 Å². The Morgan fingerprint density at radius 3 is 1.11 bits per heavy atom. The van der Waals surface area contributed by atoms with E-state index in [4.69, 9.17) is 19.7 Å². The number of unbranched alkanes of at least 4 members (excludes halogenated alkanes) is 6. The first-order chi connectivity index (χ1) is 17.6. The summed E-state index contributed by atoms with van der Waals surface area (Å²) in [6.45, 7) is 0.698. The minimum absolute atomic E-state index is 0.0877. The van der Waals surface area contributed by atoms with Crippen molar-refractivity contribution in [2.45, 2.75) is 69.1 Å². The highest BCUT2D eigenvalue weighted by atomic mass is 19.4. The van der Waals surface area contributed by atoms with Gasteiger partial charge in [-0.1, -0.05) is 37.1 Å². The second-order valence-corrected chi connectivity index (χ2v) is 8.77. The molecule has 0 aliphatic heterocycles. The quantitative estimate of drug-likeness (QED) is 0.180. The van der Waals surface area contributed by atoms with Crippen LogP contribution < -0.4 is 9.47 Å². The van der Waals surface area contributed by atoms with Crippen molar-refractivity contribution in [2.75, 3.05) is 26.4 Å². The zero-order valence-corrected chi connectivity index (χ0v) is 20.6. The third kappa shape index (κ3) is 8.26. The van der Waals surface area contributed by atoms with Crippen LogP contribution in [0.4, 0.5) is 26.3 Å². The Morgan fingerprint density at radius 1 is 0.486 bits per heavy atom. The lowest BCUT2D eigenvalue weighted by Crippen LogP contribution is -2.54. The van der Waals surface area contributed by atoms with Gasteiger partial charge < -0.3 is 19.7 Å². The van der Waals surface area contributed by atoms with Crippen molar-refractivity contribution in [1.29, 1.82) is 0 Å². The topological polar surface area (TPSA) is 58.9 Å². The molecule has 2 N–H and O–H groups in total. The summed E-state index contributed by atoms with van der Waals surface area (Å²) >= 11 is 0. The predicted molar refractivity (Wildman–Crippen MR) is 128 cm³/mol. The predicted octanol–water partition coefficient (Wildman–Crippen LogP) is 6.96. The zero-order valence-electron chi connectivity index (χ0n) is 20.6. The Kier molecular flexibility index (Phi) is 12.0. The molecule has 0 aromatic heterocycles. The van der Waals surface area contributed by atoms with E-state index in [1.165, 1.54) is 0 Å². The van der Waals surface area contributed by atoms with E-state index in [9.17, 15) is 26.3 Å². The number of benzene rings is 2. The summed E-state index contributed by atoms with van der Waals surface area (Å²) in [5.74, 6) is 0.346. The first-order valence-corrected chi connectivity index (χ1v) is 12.4. The Labute approximate surface area is 213 Å². The molecule has 2 rings (SSSR count). The molecule has 0 spiro atoms. The highest BCUT2D eigenvalue weighted by molar-refractivity contribution is 5.47. The molecule has 0 bridgehead atoms. The smallest absolute Gasteiger partial charge is 0.411 e. The van der Waals surface area contributed by atoms with E-state index >= 15 is 0 Å². The van der Waals surface area contributed by atoms with Gasteiger partial charge in [0, 0.05) is 13.2 Å². The van der Waals surface area contributed by atoms with Gasteiger partial charge >= 0.3 is 12.4 Å². The minimum atomic E-state index is -5.67. The number of hydrogen-bond acceptors (Lipinski definition) is 4. The van der Waals surface area contributed by atoms with Crippen molar-refractivity contribution in [3.8, 4) is 11.5 Å². The fourth-order valence-corrected chi connectivity index (χ4v) is 4.10. The maximum Gasteiger partial charge on any atom is 0.411 e. The van der Waals surface area contributed by atoms with Crippen LogP contribution in [0.2, 0.25) is 0 Å². The lowest BCUT2D eigenvalue weighted by atomic mass is 9.73. The SMILES string of the molecule is OCCCCCCOc1ccc(C(c2ccc(OCCCCCCO)cc2)(C(F)(F)F)C(F)(F)F)cc1. The van der Waals surface area contributed by atoms with Gasteiger partial charge in [0.1, 0.15) is 11.5 Å². The molecule has 4 nitrogen and oxygen atoms in total. The number of aliphatic hydroxyl groups is 2. The molecule has 0 aliphatic rings. The molecule has 0 atom stereocenters. The molecular weight excluding hydrogens is 502 g/mol. The van der Waals surface area contributed by atoms with Gasteiger partial charge in [0.05, 0.1) is 13.2 Å². The van der Waals surface area contributed by atoms with Crippen molar-refractivity contribution < 1.29 is 46.0 Å². The van der Waals surface area contributed by atoms with E-state index in [2.05, 4.69) is 0 Å². The van der Waals surface area contributed by atoms with Crippen LogP contribution in [-0.2, 0) is 5.41 Å². The second-order valence-electron chi connectivity index (χ2n) is 8.77. The second kappa shape index (κ2) is 14.5. The van der Waals surface area contributed by atoms with Crippen LogP contribution in [0.25, 0.3) is 0 Å². The molecule has 208 valence electrons. The third-order valence-corrected chi connectivity index (χ3v) is 6.07. The summed E-state index contributed by atoms with van der Waals surface area (Å²) in [6, 6.07) is 7.68. The molecular formula is C27H34F6O4. The van der Waals surface area contributed by atoms with Gasteiger partial charge in [-0.25, -0.2) is 0 Å². The number of alkyl halides is 6. The maximum absolute atomic E-state index is 14.3. The van der Waals surface area contributed by atoms with Crippen LogP contribution in [0.1, 0.15) is 62.5 Å². The number of halogens is 6. The van der Waals surface area contributed by atoms with Crippen LogP contribution in [-0.4, -0.2) is 49.0 Å². The van der Waals surface area contributed by atoms with E-state index in [0.717, 1.165) is 74.2 Å². The largest absolute Gasteiger partial charge is 0.494 e. The Bertz CT molecular complexity index is 820. The van der Waals surface area contributed by atoms with E-state index in [1.807, 2.05) is 0 Å². The minimum Gasteiger partial charge on any atom is -0.494 e. The number of rotatable bonds is 16. The van der Waals surface area contributed by atoms with Crippen LogP contribution in [0, 0.1) is 0 Å². The first-order valence-electron chi connectivity index (χ1n) is 12.4. The van der Waals surface area contributed by atoms with Crippen molar-refractivity contribution in [3.63, 3.8) is 0 Å². The number of ether oxygens (including phenoxy) is 2. The summed E-state index contributed by atoms with van der Waals surface area (Å²) in [5, 5.41) is 17.5.